The van der Waals surface area contributed by atoms with Crippen molar-refractivity contribution < 1.29 is 48.0 Å². The number of carbonyl (C=O) groups is 4. The van der Waals surface area contributed by atoms with E-state index in [1.54, 1.807) is 6.07 Å². The van der Waals surface area contributed by atoms with Gasteiger partial charge in [0, 0.05) is 50.1 Å². The van der Waals surface area contributed by atoms with E-state index in [1.165, 1.54) is 19.3 Å². The fourth-order valence-electron chi connectivity index (χ4n) is 11.5. The van der Waals surface area contributed by atoms with Crippen molar-refractivity contribution in [1.29, 1.82) is 0 Å². The molecule has 0 radical (unpaired) electrons. The number of epoxide rings is 1. The molecule has 1 amide bonds. The monoisotopic (exact) mass is 784 g/mol. The Bertz CT molecular complexity index is 1710. The molecule has 0 aromatic carbocycles. The van der Waals surface area contributed by atoms with Crippen molar-refractivity contribution in [3.05, 3.63) is 34.4 Å². The number of aliphatic carboxylic acids is 1. The fourth-order valence-corrected chi connectivity index (χ4v) is 11.5. The fraction of sp³-hybridized carbons (Fsp3) is 0.756. The average Bonchev–Trinajstić information content (AvgIpc) is 3.83. The molecule has 310 valence electrons. The number of carboxylic acid groups (broad SMARTS) is 1. The Morgan fingerprint density at radius 1 is 0.946 bits per heavy atom. The first-order chi connectivity index (χ1) is 26.5. The first-order valence-corrected chi connectivity index (χ1v) is 20.5. The second-order valence-electron chi connectivity index (χ2n) is 17.5. The lowest BCUT2D eigenvalue weighted by molar-refractivity contribution is -0.228. The first kappa shape index (κ1) is 41.6. The quantitative estimate of drug-likeness (QED) is 0.0496. The van der Waals surface area contributed by atoms with Gasteiger partial charge in [0.15, 0.2) is 5.96 Å². The number of esters is 2. The third kappa shape index (κ3) is 7.94. The number of nitrogens with zero attached hydrogens (tertiary/aromatic N) is 1. The van der Waals surface area contributed by atoms with Crippen LogP contribution < -0.4 is 22.4 Å². The van der Waals surface area contributed by atoms with Crippen LogP contribution in [0, 0.1) is 22.7 Å². The molecule has 1 aliphatic heterocycles. The number of aliphatic hydroxyl groups is 1. The van der Waals surface area contributed by atoms with Crippen molar-refractivity contribution in [2.75, 3.05) is 6.54 Å². The minimum absolute atomic E-state index is 0.0606. The van der Waals surface area contributed by atoms with Crippen LogP contribution in [0.1, 0.15) is 135 Å². The molecule has 56 heavy (non-hydrogen) atoms. The average molecular weight is 785 g/mol. The van der Waals surface area contributed by atoms with E-state index in [0.717, 1.165) is 50.5 Å². The maximum absolute atomic E-state index is 12.9. The summed E-state index contributed by atoms with van der Waals surface area (Å²) in [5.41, 5.74) is 8.68. The lowest BCUT2D eigenvalue weighted by Crippen LogP contribution is -2.65. The van der Waals surface area contributed by atoms with Crippen LogP contribution in [0.3, 0.4) is 0 Å². The number of guanidine groups is 1. The zero-order chi connectivity index (χ0) is 40.5. The summed E-state index contributed by atoms with van der Waals surface area (Å²) >= 11 is 0. The molecule has 5 aliphatic rings. The molecule has 2 heterocycles. The molecule has 15 heteroatoms. The number of hydrogen-bond acceptors (Lipinski definition) is 11. The van der Waals surface area contributed by atoms with E-state index >= 15 is 0 Å². The Hall–Kier alpha value is -3.98. The maximum atomic E-state index is 12.9. The van der Waals surface area contributed by atoms with Gasteiger partial charge in [-0.2, -0.15) is 0 Å². The van der Waals surface area contributed by atoms with E-state index in [4.69, 9.17) is 30.1 Å². The summed E-state index contributed by atoms with van der Waals surface area (Å²) < 4.78 is 23.9. The van der Waals surface area contributed by atoms with Crippen molar-refractivity contribution in [3.63, 3.8) is 0 Å². The van der Waals surface area contributed by atoms with Gasteiger partial charge in [0.1, 0.15) is 30.0 Å². The van der Waals surface area contributed by atoms with Gasteiger partial charge in [-0.05, 0) is 93.1 Å². The van der Waals surface area contributed by atoms with E-state index < -0.39 is 40.4 Å². The lowest BCUT2D eigenvalue weighted by Gasteiger charge is -2.64. The third-order valence-electron chi connectivity index (χ3n) is 14.3. The summed E-state index contributed by atoms with van der Waals surface area (Å²) in [5.74, 6) is -1.97. The Balaban J connectivity index is 0.953. The summed E-state index contributed by atoms with van der Waals surface area (Å²) in [4.78, 5) is 64.7. The first-order valence-electron chi connectivity index (χ1n) is 20.5. The van der Waals surface area contributed by atoms with Crippen LogP contribution in [0.15, 0.2) is 32.6 Å². The van der Waals surface area contributed by atoms with E-state index in [0.29, 0.717) is 45.1 Å². The summed E-state index contributed by atoms with van der Waals surface area (Å²) in [6.45, 7) is 6.13. The molecule has 4 aliphatic carbocycles. The van der Waals surface area contributed by atoms with Crippen LogP contribution in [0.2, 0.25) is 0 Å². The van der Waals surface area contributed by atoms with Gasteiger partial charge >= 0.3 is 23.5 Å². The van der Waals surface area contributed by atoms with Gasteiger partial charge in [-0.15, -0.1) is 0 Å². The van der Waals surface area contributed by atoms with E-state index in [9.17, 15) is 34.2 Å². The van der Waals surface area contributed by atoms with E-state index in [-0.39, 0.29) is 78.4 Å². The number of rotatable bonds is 17. The van der Waals surface area contributed by atoms with Gasteiger partial charge in [-0.3, -0.25) is 19.4 Å². The second kappa shape index (κ2) is 16.5. The van der Waals surface area contributed by atoms with E-state index in [2.05, 4.69) is 24.2 Å². The van der Waals surface area contributed by atoms with Gasteiger partial charge in [0.2, 0.25) is 5.91 Å². The van der Waals surface area contributed by atoms with Crippen LogP contribution >= 0.6 is 0 Å². The number of nitrogens with one attached hydrogen (secondary N) is 1. The molecule has 6 rings (SSSR count). The highest BCUT2D eigenvalue weighted by molar-refractivity contribution is 5.83. The van der Waals surface area contributed by atoms with Gasteiger partial charge in [0.05, 0.1) is 11.9 Å². The van der Waals surface area contributed by atoms with Gasteiger partial charge in [-0.1, -0.05) is 33.1 Å². The molecule has 1 saturated heterocycles. The summed E-state index contributed by atoms with van der Waals surface area (Å²) in [5, 5.41) is 24.3. The normalized spacial score (nSPS) is 35.7. The van der Waals surface area contributed by atoms with Crippen molar-refractivity contribution in [2.24, 2.45) is 39.1 Å². The number of amides is 1. The molecule has 7 N–H and O–H groups in total. The predicted molar refractivity (Wildman–Crippen MR) is 203 cm³/mol. The highest BCUT2D eigenvalue weighted by Crippen LogP contribution is 2.78. The van der Waals surface area contributed by atoms with Crippen LogP contribution in [-0.4, -0.2) is 82.1 Å². The molecule has 1 aromatic heterocycles. The zero-order valence-electron chi connectivity index (χ0n) is 33.0. The Kier molecular flexibility index (Phi) is 12.3. The summed E-state index contributed by atoms with van der Waals surface area (Å²) in [6.07, 6.45) is 10.00. The predicted octanol–water partition coefficient (Wildman–Crippen LogP) is 3.82. The van der Waals surface area contributed by atoms with Gasteiger partial charge < -0.3 is 45.6 Å². The number of hydrogen-bond donors (Lipinski definition) is 5. The van der Waals surface area contributed by atoms with Crippen LogP contribution in [-0.2, 0) is 33.4 Å². The van der Waals surface area contributed by atoms with Crippen molar-refractivity contribution in [1.82, 2.24) is 5.32 Å². The summed E-state index contributed by atoms with van der Waals surface area (Å²) in [6, 6.07) is 2.20. The number of unbranched alkanes of at least 4 members (excludes halogenated alkanes) is 4. The molecule has 15 nitrogen and oxygen atoms in total. The Morgan fingerprint density at radius 3 is 2.32 bits per heavy atom. The Morgan fingerprint density at radius 2 is 1.64 bits per heavy atom. The topological polar surface area (TPSA) is 246 Å². The number of fused-ring (bicyclic) bond motifs is 3. The molecule has 4 saturated carbocycles. The summed E-state index contributed by atoms with van der Waals surface area (Å²) in [7, 11) is 0. The number of ether oxygens (including phenoxy) is 3. The molecular weight excluding hydrogens is 724 g/mol. The zero-order valence-corrected chi connectivity index (χ0v) is 33.0. The van der Waals surface area contributed by atoms with E-state index in [1.807, 2.05) is 0 Å². The SMILES string of the molecule is CC(=O)O[C@H]1C2OC23C2CC[C@]4(O)C[C@@H](OC(=O)CCCCCCCC(=O)NC(CCCN=C(N)N)C(=O)O)CC[C@]4(C)C2CC[C@]3(C)[C@H]1c1ccc(=O)oc1. The standard InChI is InChI=1S/C41H60N4O11/c1-24(46)54-34-33(25-13-14-31(48)53-23-25)39(3)19-16-27-28(41(39)35(34)56-41)17-20-40(52)22-26(15-18-38(27,40)2)55-32(49)12-8-6-4-5-7-11-30(47)45-29(36(50)51)10-9-21-44-37(42)43/h13-14,23,26-29,33-35,52H,4-12,15-22H2,1-3H3,(H,45,47)(H,50,51)(H4,42,43,44)/t26-,27?,28?,29?,33-,34+,35?,38+,39+,40-,41?/m0/s1. The number of carbonyl (C=O) groups excluding carboxylic acids is 3. The minimum Gasteiger partial charge on any atom is -0.480 e. The van der Waals surface area contributed by atoms with Crippen LogP contribution in [0.5, 0.6) is 0 Å². The third-order valence-corrected chi connectivity index (χ3v) is 14.3. The van der Waals surface area contributed by atoms with Crippen molar-refractivity contribution >= 4 is 29.8 Å². The largest absolute Gasteiger partial charge is 0.480 e. The number of carboxylic acids is 1. The molecule has 11 atom stereocenters. The minimum atomic E-state index is -1.10. The number of aliphatic imine (C=N–C) groups is 1. The maximum Gasteiger partial charge on any atom is 0.335 e. The highest BCUT2D eigenvalue weighted by Gasteiger charge is 2.85. The highest BCUT2D eigenvalue weighted by atomic mass is 16.7. The van der Waals surface area contributed by atoms with Crippen molar-refractivity contribution in [3.8, 4) is 0 Å². The second-order valence-corrected chi connectivity index (χ2v) is 17.5. The molecule has 0 bridgehead atoms. The molecule has 1 aromatic rings. The molecule has 5 fully saturated rings. The van der Waals surface area contributed by atoms with Gasteiger partial charge in [0.25, 0.3) is 0 Å². The van der Waals surface area contributed by atoms with Crippen molar-refractivity contribution in [2.45, 2.75) is 165 Å². The van der Waals surface area contributed by atoms with Crippen LogP contribution in [0.25, 0.3) is 0 Å². The Labute approximate surface area is 327 Å². The molecule has 5 unspecified atom stereocenters. The molecule has 1 spiro atoms. The lowest BCUT2D eigenvalue weighted by atomic mass is 9.42. The smallest absolute Gasteiger partial charge is 0.335 e. The van der Waals surface area contributed by atoms with Crippen LogP contribution in [0.4, 0.5) is 0 Å². The van der Waals surface area contributed by atoms with Gasteiger partial charge in [-0.25, -0.2) is 9.59 Å². The molecular formula is C41H60N4O11. The number of nitrogens with two attached hydrogens (primary N) is 2.